The Hall–Kier alpha value is -1.83. The van der Waals surface area contributed by atoms with Crippen LogP contribution in [0.25, 0.3) is 0 Å². The predicted molar refractivity (Wildman–Crippen MR) is 53.6 cm³/mol. The fourth-order valence-corrected chi connectivity index (χ4v) is 1.27. The van der Waals surface area contributed by atoms with Crippen LogP contribution in [0, 0.1) is 0 Å². The van der Waals surface area contributed by atoms with Gasteiger partial charge in [-0.3, -0.25) is 4.79 Å². The molecule has 8 heteroatoms. The molecule has 1 N–H and O–H groups in total. The van der Waals surface area contributed by atoms with E-state index in [2.05, 4.69) is 4.74 Å². The molecule has 0 saturated heterocycles. The third-order valence-electron chi connectivity index (χ3n) is 2.04. The van der Waals surface area contributed by atoms with Crippen molar-refractivity contribution in [3.8, 4) is 0 Å². The van der Waals surface area contributed by atoms with E-state index in [0.717, 1.165) is 6.07 Å². The molecule has 100 valence electrons. The zero-order chi connectivity index (χ0) is 13.9. The van der Waals surface area contributed by atoms with Gasteiger partial charge in [0.05, 0.1) is 0 Å². The van der Waals surface area contributed by atoms with Gasteiger partial charge in [-0.1, -0.05) is 0 Å². The van der Waals surface area contributed by atoms with Crippen LogP contribution in [0.2, 0.25) is 0 Å². The van der Waals surface area contributed by atoms with Crippen molar-refractivity contribution in [1.29, 1.82) is 0 Å². The van der Waals surface area contributed by atoms with E-state index in [-0.39, 0.29) is 11.3 Å². The van der Waals surface area contributed by atoms with Gasteiger partial charge in [0.1, 0.15) is 18.9 Å². The van der Waals surface area contributed by atoms with Gasteiger partial charge >= 0.3 is 12.1 Å². The van der Waals surface area contributed by atoms with Crippen molar-refractivity contribution >= 4 is 11.8 Å². The summed E-state index contributed by atoms with van der Waals surface area (Å²) in [5.74, 6) is -1.94. The second kappa shape index (κ2) is 5.21. The van der Waals surface area contributed by atoms with E-state index in [1.54, 1.807) is 0 Å². The highest BCUT2D eigenvalue weighted by molar-refractivity contribution is 5.99. The van der Waals surface area contributed by atoms with Crippen molar-refractivity contribution in [3.05, 3.63) is 23.5 Å². The molecule has 0 amide bonds. The Morgan fingerprint density at radius 3 is 2.50 bits per heavy atom. The Labute approximate surface area is 99.8 Å². The minimum Gasteiger partial charge on any atom is -0.477 e. The molecule has 0 unspecified atom stereocenters. The first-order valence-electron chi connectivity index (χ1n) is 4.78. The number of carbonyl (C=O) groups is 2. The largest absolute Gasteiger partial charge is 0.477 e. The van der Waals surface area contributed by atoms with Gasteiger partial charge < -0.3 is 14.4 Å². The maximum Gasteiger partial charge on any atom is 0.411 e. The maximum absolute atomic E-state index is 11.8. The number of Topliss-reactive ketones (excluding diaryl/α,β-unsaturated/α-hetero) is 1. The smallest absolute Gasteiger partial charge is 0.411 e. The van der Waals surface area contributed by atoms with Crippen LogP contribution in [0.15, 0.2) is 12.3 Å². The topological polar surface area (TPSA) is 68.5 Å². The highest BCUT2D eigenvalue weighted by atomic mass is 19.4. The quantitative estimate of drug-likeness (QED) is 0.819. The van der Waals surface area contributed by atoms with Crippen molar-refractivity contribution in [2.75, 3.05) is 13.2 Å². The Balaban J connectivity index is 2.63. The van der Waals surface area contributed by atoms with Crippen LogP contribution in [0.5, 0.6) is 0 Å². The number of hydrogen-bond acceptors (Lipinski definition) is 3. The molecule has 0 aliphatic rings. The second-order valence-corrected chi connectivity index (χ2v) is 3.56. The number of ether oxygens (including phenoxy) is 1. The third-order valence-corrected chi connectivity index (χ3v) is 2.04. The summed E-state index contributed by atoms with van der Waals surface area (Å²) >= 11 is 0. The molecule has 1 heterocycles. The first-order valence-corrected chi connectivity index (χ1v) is 4.78. The van der Waals surface area contributed by atoms with Crippen LogP contribution in [0.4, 0.5) is 13.2 Å². The van der Waals surface area contributed by atoms with Crippen molar-refractivity contribution in [3.63, 3.8) is 0 Å². The van der Waals surface area contributed by atoms with Gasteiger partial charge in [-0.2, -0.15) is 13.2 Å². The normalized spacial score (nSPS) is 11.6. The van der Waals surface area contributed by atoms with Crippen molar-refractivity contribution in [2.24, 2.45) is 7.05 Å². The van der Waals surface area contributed by atoms with E-state index in [1.807, 2.05) is 0 Å². The van der Waals surface area contributed by atoms with Crippen LogP contribution in [0.1, 0.15) is 20.8 Å². The monoisotopic (exact) mass is 265 g/mol. The number of carboxylic acid groups (broad SMARTS) is 1. The first-order chi connectivity index (χ1) is 8.20. The molecule has 1 rings (SSSR count). The minimum atomic E-state index is -4.50. The lowest BCUT2D eigenvalue weighted by atomic mass is 10.2. The zero-order valence-corrected chi connectivity index (χ0v) is 9.32. The molecule has 0 radical (unpaired) electrons. The molecule has 5 nitrogen and oxygen atoms in total. The van der Waals surface area contributed by atoms with Crippen molar-refractivity contribution in [1.82, 2.24) is 4.57 Å². The SMILES string of the molecule is Cn1cc(C(=O)COCC(F)(F)F)cc1C(=O)O. The summed E-state index contributed by atoms with van der Waals surface area (Å²) in [5, 5.41) is 8.73. The second-order valence-electron chi connectivity index (χ2n) is 3.56. The molecule has 1 aromatic rings. The van der Waals surface area contributed by atoms with E-state index in [1.165, 1.54) is 17.8 Å². The highest BCUT2D eigenvalue weighted by Crippen LogP contribution is 2.15. The number of halogens is 3. The number of aromatic carboxylic acids is 1. The predicted octanol–water partition coefficient (Wildman–Crippen LogP) is 1.48. The van der Waals surface area contributed by atoms with Crippen LogP contribution in [-0.4, -0.2) is 40.8 Å². The number of hydrogen-bond donors (Lipinski definition) is 1. The average Bonchev–Trinajstić information content (AvgIpc) is 2.58. The third kappa shape index (κ3) is 3.88. The van der Waals surface area contributed by atoms with Gasteiger partial charge in [0.2, 0.25) is 0 Å². The standard InChI is InChI=1S/C10H10F3NO4/c1-14-3-6(2-7(14)9(16)17)8(15)4-18-5-10(11,12)13/h2-3H,4-5H2,1H3,(H,16,17). The summed E-state index contributed by atoms with van der Waals surface area (Å²) in [4.78, 5) is 22.1. The summed E-state index contributed by atoms with van der Waals surface area (Å²) in [6, 6.07) is 1.08. The molecule has 0 saturated carbocycles. The number of rotatable bonds is 5. The number of aryl methyl sites for hydroxylation is 1. The molecule has 0 bridgehead atoms. The van der Waals surface area contributed by atoms with Crippen LogP contribution >= 0.6 is 0 Å². The van der Waals surface area contributed by atoms with E-state index >= 15 is 0 Å². The minimum absolute atomic E-state index is 0.00271. The number of carboxylic acids is 1. The Morgan fingerprint density at radius 2 is 2.06 bits per heavy atom. The molecule has 0 aliphatic heterocycles. The molecule has 0 spiro atoms. The van der Waals surface area contributed by atoms with Crippen molar-refractivity contribution in [2.45, 2.75) is 6.18 Å². The molecule has 0 atom stereocenters. The lowest BCUT2D eigenvalue weighted by Crippen LogP contribution is -2.20. The van der Waals surface area contributed by atoms with E-state index in [9.17, 15) is 22.8 Å². The van der Waals surface area contributed by atoms with E-state index in [0.29, 0.717) is 0 Å². The molecule has 0 aliphatic carbocycles. The Kier molecular flexibility index (Phi) is 4.12. The summed E-state index contributed by atoms with van der Waals surface area (Å²) in [7, 11) is 1.41. The molecule has 18 heavy (non-hydrogen) atoms. The number of ketones is 1. The van der Waals surface area contributed by atoms with Crippen LogP contribution in [-0.2, 0) is 11.8 Å². The van der Waals surface area contributed by atoms with Crippen LogP contribution < -0.4 is 0 Å². The molecule has 0 aromatic carbocycles. The van der Waals surface area contributed by atoms with Gasteiger partial charge in [0, 0.05) is 18.8 Å². The summed E-state index contributed by atoms with van der Waals surface area (Å²) in [6.45, 7) is -2.26. The lowest BCUT2D eigenvalue weighted by molar-refractivity contribution is -0.170. The Morgan fingerprint density at radius 1 is 1.44 bits per heavy atom. The van der Waals surface area contributed by atoms with Gasteiger partial charge in [-0.05, 0) is 6.07 Å². The van der Waals surface area contributed by atoms with Crippen molar-refractivity contribution < 1.29 is 32.6 Å². The van der Waals surface area contributed by atoms with Gasteiger partial charge in [0.15, 0.2) is 5.78 Å². The molecule has 0 fully saturated rings. The number of aromatic nitrogens is 1. The number of nitrogens with zero attached hydrogens (tertiary/aromatic N) is 1. The molecular weight excluding hydrogens is 255 g/mol. The van der Waals surface area contributed by atoms with Gasteiger partial charge in [-0.25, -0.2) is 4.79 Å². The summed E-state index contributed by atoms with van der Waals surface area (Å²) in [5.41, 5.74) is -0.133. The highest BCUT2D eigenvalue weighted by Gasteiger charge is 2.28. The van der Waals surface area contributed by atoms with Gasteiger partial charge in [0.25, 0.3) is 0 Å². The van der Waals surface area contributed by atoms with E-state index < -0.39 is 31.1 Å². The average molecular weight is 265 g/mol. The van der Waals surface area contributed by atoms with Gasteiger partial charge in [-0.15, -0.1) is 0 Å². The fraction of sp³-hybridized carbons (Fsp3) is 0.400. The van der Waals surface area contributed by atoms with Crippen LogP contribution in [0.3, 0.4) is 0 Å². The summed E-state index contributed by atoms with van der Waals surface area (Å²) in [6.07, 6.45) is -3.27. The molecule has 1 aromatic heterocycles. The fourth-order valence-electron chi connectivity index (χ4n) is 1.27. The first kappa shape index (κ1) is 14.2. The Bertz CT molecular complexity index is 464. The lowest BCUT2D eigenvalue weighted by Gasteiger charge is -2.05. The maximum atomic E-state index is 11.8. The zero-order valence-electron chi connectivity index (χ0n) is 9.32. The van der Waals surface area contributed by atoms with E-state index in [4.69, 9.17) is 5.11 Å². The molecular formula is C10H10F3NO4. The number of alkyl halides is 3. The summed E-state index contributed by atoms with van der Waals surface area (Å²) < 4.78 is 40.7. The number of carbonyl (C=O) groups excluding carboxylic acids is 1.